The van der Waals surface area contributed by atoms with Crippen molar-refractivity contribution in [3.8, 4) is 0 Å². The lowest BCUT2D eigenvalue weighted by Gasteiger charge is -2.31. The van der Waals surface area contributed by atoms with Crippen molar-refractivity contribution in [2.24, 2.45) is 5.92 Å². The minimum absolute atomic E-state index is 0.138. The molecule has 0 spiro atoms. The molecular weight excluding hydrogens is 408 g/mol. The van der Waals surface area contributed by atoms with E-state index in [4.69, 9.17) is 0 Å². The first kappa shape index (κ1) is 20.3. The summed E-state index contributed by atoms with van der Waals surface area (Å²) >= 11 is 1.27. The van der Waals surface area contributed by atoms with Crippen LogP contribution in [0.1, 0.15) is 30.6 Å². The van der Waals surface area contributed by atoms with Crippen LogP contribution in [-0.4, -0.2) is 49.8 Å². The summed E-state index contributed by atoms with van der Waals surface area (Å²) in [6.45, 7) is 4.44. The van der Waals surface area contributed by atoms with E-state index in [-0.39, 0.29) is 18.4 Å². The number of hydrogen-bond donors (Lipinski definition) is 1. The smallest absolute Gasteiger partial charge is 0.252 e. The van der Waals surface area contributed by atoms with Gasteiger partial charge in [-0.15, -0.1) is 11.3 Å². The van der Waals surface area contributed by atoms with Crippen molar-refractivity contribution < 1.29 is 13.2 Å². The lowest BCUT2D eigenvalue weighted by atomic mass is 9.99. The van der Waals surface area contributed by atoms with Crippen molar-refractivity contribution in [3.63, 3.8) is 0 Å². The predicted octanol–water partition coefficient (Wildman–Crippen LogP) is 3.09. The van der Waals surface area contributed by atoms with E-state index in [1.54, 1.807) is 12.3 Å². The third-order valence-corrected chi connectivity index (χ3v) is 8.85. The Bertz CT molecular complexity index is 983. The van der Waals surface area contributed by atoms with Crippen LogP contribution < -0.4 is 10.2 Å². The highest BCUT2D eigenvalue weighted by molar-refractivity contribution is 7.91. The van der Waals surface area contributed by atoms with Crippen molar-refractivity contribution >= 4 is 38.8 Å². The lowest BCUT2D eigenvalue weighted by molar-refractivity contribution is -0.120. The second-order valence-electron chi connectivity index (χ2n) is 7.63. The summed E-state index contributed by atoms with van der Waals surface area (Å²) in [4.78, 5) is 20.6. The number of carbonyl (C=O) groups excluding carboxylic acids is 1. The van der Waals surface area contributed by atoms with E-state index in [0.717, 1.165) is 36.6 Å². The second-order valence-corrected chi connectivity index (χ2v) is 11.1. The van der Waals surface area contributed by atoms with Gasteiger partial charge in [0, 0.05) is 37.3 Å². The van der Waals surface area contributed by atoms with Crippen LogP contribution in [0.5, 0.6) is 0 Å². The van der Waals surface area contributed by atoms with E-state index in [0.29, 0.717) is 29.3 Å². The zero-order valence-corrected chi connectivity index (χ0v) is 18.1. The molecule has 2 aromatic heterocycles. The van der Waals surface area contributed by atoms with E-state index in [2.05, 4.69) is 15.2 Å². The highest BCUT2D eigenvalue weighted by Gasteiger charge is 2.34. The fourth-order valence-corrected chi connectivity index (χ4v) is 6.92. The van der Waals surface area contributed by atoms with Gasteiger partial charge in [-0.2, -0.15) is 4.31 Å². The first-order valence-electron chi connectivity index (χ1n) is 10.0. The quantitative estimate of drug-likeness (QED) is 0.782. The van der Waals surface area contributed by atoms with Crippen LogP contribution in [0.15, 0.2) is 34.7 Å². The van der Waals surface area contributed by atoms with Crippen LogP contribution in [0.25, 0.3) is 0 Å². The van der Waals surface area contributed by atoms with Crippen molar-refractivity contribution in [2.45, 2.75) is 36.8 Å². The Morgan fingerprint density at radius 1 is 1.17 bits per heavy atom. The number of piperidine rings is 1. The zero-order valence-electron chi connectivity index (χ0n) is 16.5. The number of aryl methyl sites for hydroxylation is 1. The van der Waals surface area contributed by atoms with E-state index < -0.39 is 10.0 Å². The molecule has 7 nitrogen and oxygen atoms in total. The molecule has 0 unspecified atom stereocenters. The topological polar surface area (TPSA) is 82.6 Å². The molecule has 156 valence electrons. The van der Waals surface area contributed by atoms with Gasteiger partial charge in [-0.05, 0) is 56.9 Å². The molecule has 1 N–H and O–H groups in total. The van der Waals surface area contributed by atoms with Crippen molar-refractivity contribution in [3.05, 3.63) is 35.3 Å². The van der Waals surface area contributed by atoms with E-state index >= 15 is 0 Å². The minimum atomic E-state index is -3.55. The fraction of sp³-hybridized carbons (Fsp3) is 0.500. The lowest BCUT2D eigenvalue weighted by Crippen LogP contribution is -2.43. The van der Waals surface area contributed by atoms with Gasteiger partial charge in [-0.3, -0.25) is 4.79 Å². The Hall–Kier alpha value is -1.97. The number of amides is 1. The molecule has 0 bridgehead atoms. The average Bonchev–Trinajstić information content (AvgIpc) is 3.41. The number of thiophene rings is 1. The standard InChI is InChI=1S/C20H26N4O3S2/c1-15-8-9-18(28-15)29(26,27)24-13-5-6-16(14-24)20(25)22-17-7-4-10-21-19(17)23-11-2-3-12-23/h4,7-10,16H,2-3,5-6,11-14H2,1H3,(H,22,25)/t16-/m1/s1. The highest BCUT2D eigenvalue weighted by Crippen LogP contribution is 2.30. The third-order valence-electron chi connectivity index (χ3n) is 5.51. The molecule has 4 rings (SSSR count). The Labute approximate surface area is 175 Å². The summed E-state index contributed by atoms with van der Waals surface area (Å²) in [7, 11) is -3.55. The summed E-state index contributed by atoms with van der Waals surface area (Å²) in [5, 5.41) is 3.01. The molecule has 0 aromatic carbocycles. The fourth-order valence-electron chi connectivity index (χ4n) is 3.96. The Balaban J connectivity index is 1.47. The Morgan fingerprint density at radius 3 is 2.69 bits per heavy atom. The number of pyridine rings is 1. The molecule has 9 heteroatoms. The number of nitrogens with one attached hydrogen (secondary N) is 1. The molecule has 2 saturated heterocycles. The average molecular weight is 435 g/mol. The first-order chi connectivity index (χ1) is 13.9. The van der Waals surface area contributed by atoms with Gasteiger partial charge in [0.25, 0.3) is 10.0 Å². The SMILES string of the molecule is Cc1ccc(S(=O)(=O)N2CCC[C@@H](C(=O)Nc3cccnc3N3CCCC3)C2)s1. The van der Waals surface area contributed by atoms with E-state index in [1.165, 1.54) is 15.6 Å². The van der Waals surface area contributed by atoms with Gasteiger partial charge in [0.05, 0.1) is 11.6 Å². The van der Waals surface area contributed by atoms with E-state index in [1.807, 2.05) is 25.1 Å². The molecule has 2 aliphatic heterocycles. The molecular formula is C20H26N4O3S2. The summed E-state index contributed by atoms with van der Waals surface area (Å²) in [6.07, 6.45) is 5.35. The normalized spacial score (nSPS) is 20.7. The molecule has 1 amide bonds. The Kier molecular flexibility index (Phi) is 5.89. The van der Waals surface area contributed by atoms with Crippen molar-refractivity contribution in [2.75, 3.05) is 36.4 Å². The van der Waals surface area contributed by atoms with Crippen LogP contribution in [0.2, 0.25) is 0 Å². The van der Waals surface area contributed by atoms with Gasteiger partial charge < -0.3 is 10.2 Å². The molecule has 0 radical (unpaired) electrons. The third kappa shape index (κ3) is 4.31. The van der Waals surface area contributed by atoms with Crippen LogP contribution in [0.4, 0.5) is 11.5 Å². The van der Waals surface area contributed by atoms with Crippen molar-refractivity contribution in [1.29, 1.82) is 0 Å². The van der Waals surface area contributed by atoms with Crippen LogP contribution in [-0.2, 0) is 14.8 Å². The van der Waals surface area contributed by atoms with Crippen LogP contribution in [0, 0.1) is 12.8 Å². The zero-order chi connectivity index (χ0) is 20.4. The summed E-state index contributed by atoms with van der Waals surface area (Å²) < 4.78 is 27.7. The minimum Gasteiger partial charge on any atom is -0.355 e. The summed E-state index contributed by atoms with van der Waals surface area (Å²) in [5.74, 6) is 0.291. The molecule has 2 aromatic rings. The van der Waals surface area contributed by atoms with Crippen LogP contribution >= 0.6 is 11.3 Å². The Morgan fingerprint density at radius 2 is 1.97 bits per heavy atom. The van der Waals surface area contributed by atoms with Crippen molar-refractivity contribution in [1.82, 2.24) is 9.29 Å². The van der Waals surface area contributed by atoms with Gasteiger partial charge in [0.1, 0.15) is 4.21 Å². The first-order valence-corrected chi connectivity index (χ1v) is 12.3. The van der Waals surface area contributed by atoms with E-state index in [9.17, 15) is 13.2 Å². The summed E-state index contributed by atoms with van der Waals surface area (Å²) in [5.41, 5.74) is 0.702. The molecule has 0 aliphatic carbocycles. The number of nitrogens with zero attached hydrogens (tertiary/aromatic N) is 3. The number of anilines is 2. The predicted molar refractivity (Wildman–Crippen MR) is 115 cm³/mol. The summed E-state index contributed by atoms with van der Waals surface area (Å²) in [6, 6.07) is 7.14. The molecule has 4 heterocycles. The van der Waals surface area contributed by atoms with Gasteiger partial charge >= 0.3 is 0 Å². The maximum Gasteiger partial charge on any atom is 0.252 e. The monoisotopic (exact) mass is 434 g/mol. The largest absolute Gasteiger partial charge is 0.355 e. The molecule has 2 aliphatic rings. The number of aromatic nitrogens is 1. The van der Waals surface area contributed by atoms with Gasteiger partial charge in [0.15, 0.2) is 5.82 Å². The van der Waals surface area contributed by atoms with Crippen LogP contribution in [0.3, 0.4) is 0 Å². The maximum absolute atomic E-state index is 13.0. The number of carbonyl (C=O) groups is 1. The molecule has 1 atom stereocenters. The highest BCUT2D eigenvalue weighted by atomic mass is 32.2. The second kappa shape index (κ2) is 8.41. The molecule has 29 heavy (non-hydrogen) atoms. The van der Waals surface area contributed by atoms with Gasteiger partial charge in [0.2, 0.25) is 5.91 Å². The van der Waals surface area contributed by atoms with Gasteiger partial charge in [-0.1, -0.05) is 0 Å². The maximum atomic E-state index is 13.0. The number of hydrogen-bond acceptors (Lipinski definition) is 6. The molecule has 0 saturated carbocycles. The number of sulfonamides is 1. The van der Waals surface area contributed by atoms with Gasteiger partial charge in [-0.25, -0.2) is 13.4 Å². The number of rotatable bonds is 5. The molecule has 2 fully saturated rings.